The lowest BCUT2D eigenvalue weighted by molar-refractivity contribution is -0.390. The lowest BCUT2D eigenvalue weighted by atomic mass is 9.88. The molecule has 0 radical (unpaired) electrons. The average Bonchev–Trinajstić information content (AvgIpc) is 3.02. The number of carboxylic acid groups (broad SMARTS) is 1. The fourth-order valence-corrected chi connectivity index (χ4v) is 5.89. The molecule has 25 heteroatoms. The molecule has 3 aliphatic rings. The fraction of sp³-hybridized carbons (Fsp3) is 0.880. The third-order valence-electron chi connectivity index (χ3n) is 8.05. The number of hydrogen-bond donors (Lipinski definition) is 11. The van der Waals surface area contributed by atoms with Gasteiger partial charge in [-0.2, -0.15) is 0 Å². The van der Waals surface area contributed by atoms with Crippen molar-refractivity contribution in [3.05, 3.63) is 0 Å². The summed E-state index contributed by atoms with van der Waals surface area (Å²) >= 11 is 0. The Bertz CT molecular complexity index is 1290. The Kier molecular flexibility index (Phi) is 14.4. The molecule has 290 valence electrons. The normalized spacial score (nSPS) is 40.8. The molecule has 0 saturated carbocycles. The maximum atomic E-state index is 12.4. The molecular weight excluding hydrogens is 712 g/mol. The second-order valence-electron chi connectivity index (χ2n) is 11.8. The monoisotopic (exact) mass is 752 g/mol. The molecule has 3 saturated heterocycles. The van der Waals surface area contributed by atoms with Crippen LogP contribution < -0.4 is 15.7 Å². The van der Waals surface area contributed by atoms with Gasteiger partial charge in [0.25, 0.3) is 0 Å². The molecule has 16 atom stereocenters. The molecule has 24 nitrogen and oxygen atoms in total. The molecule has 0 spiro atoms. The van der Waals surface area contributed by atoms with Gasteiger partial charge in [-0.15, -0.1) is 0 Å². The number of carbonyl (C=O) groups excluding carboxylic acids is 3. The fourth-order valence-electron chi connectivity index (χ4n) is 5.58. The van der Waals surface area contributed by atoms with Crippen molar-refractivity contribution in [3.8, 4) is 0 Å². The van der Waals surface area contributed by atoms with E-state index >= 15 is 0 Å². The van der Waals surface area contributed by atoms with E-state index in [-0.39, 0.29) is 0 Å². The van der Waals surface area contributed by atoms with Gasteiger partial charge in [-0.25, -0.2) is 8.42 Å². The molecule has 0 aliphatic carbocycles. The van der Waals surface area contributed by atoms with Crippen LogP contribution in [0.15, 0.2) is 0 Å². The first-order chi connectivity index (χ1) is 23.1. The molecule has 0 bridgehead atoms. The number of hydrogen-bond acceptors (Lipinski definition) is 22. The molecule has 0 aromatic rings. The Morgan fingerprint density at radius 3 is 2.04 bits per heavy atom. The van der Waals surface area contributed by atoms with Crippen LogP contribution in [0, 0.1) is 0 Å². The standard InChI is InChI=1S/C25H42N2O22S/c1-7(29)26-13-9(31)3-25(24(39)40,49-21(13)15(33)10(32)4-28)44-5-11-16(34)18(36)19(37)23(47-11)48-20-12(6-45-50(41,42)43)46-22(38)14(17(20)35)27-8(2)30/h9-23,28,31-38H,3-6H2,1-2H3,(H,26,29)(H,27,30)(H,39,40)(H,41,42,43)/p-2/t9-,10+,11+,12+,13+,14+,15+,16-,17+,18-,19+,20+,21+,22+,23-,25+/m0/s1. The Labute approximate surface area is 283 Å². The Morgan fingerprint density at radius 2 is 1.50 bits per heavy atom. The average molecular weight is 753 g/mol. The van der Waals surface area contributed by atoms with Crippen LogP contribution in [-0.2, 0) is 52.7 Å². The highest BCUT2D eigenvalue weighted by Gasteiger charge is 2.55. The highest BCUT2D eigenvalue weighted by atomic mass is 32.3. The number of rotatable bonds is 14. The maximum absolute atomic E-state index is 12.4. The summed E-state index contributed by atoms with van der Waals surface area (Å²) in [5.41, 5.74) is 0. The van der Waals surface area contributed by atoms with E-state index in [4.69, 9.17) is 23.7 Å². The second kappa shape index (κ2) is 17.0. The van der Waals surface area contributed by atoms with Gasteiger partial charge in [0.05, 0.1) is 32.0 Å². The predicted molar refractivity (Wildman–Crippen MR) is 148 cm³/mol. The Morgan fingerprint density at radius 1 is 0.900 bits per heavy atom. The van der Waals surface area contributed by atoms with Crippen molar-refractivity contribution in [2.24, 2.45) is 0 Å². The van der Waals surface area contributed by atoms with Crippen LogP contribution >= 0.6 is 0 Å². The van der Waals surface area contributed by atoms with Crippen LogP contribution in [0.25, 0.3) is 0 Å². The third-order valence-corrected chi connectivity index (χ3v) is 8.48. The molecule has 3 fully saturated rings. The van der Waals surface area contributed by atoms with Crippen LogP contribution in [0.3, 0.4) is 0 Å². The maximum Gasteiger partial charge on any atom is 0.217 e. The summed E-state index contributed by atoms with van der Waals surface area (Å²) in [6.45, 7) is -1.37. The van der Waals surface area contributed by atoms with Gasteiger partial charge < -0.3 is 94.7 Å². The van der Waals surface area contributed by atoms with E-state index in [2.05, 4.69) is 14.8 Å². The largest absolute Gasteiger partial charge is 0.726 e. The van der Waals surface area contributed by atoms with E-state index in [1.54, 1.807) is 0 Å². The first-order valence-electron chi connectivity index (χ1n) is 14.8. The number of ether oxygens (including phenoxy) is 5. The highest BCUT2D eigenvalue weighted by Crippen LogP contribution is 2.35. The summed E-state index contributed by atoms with van der Waals surface area (Å²) in [4.78, 5) is 35.7. The van der Waals surface area contributed by atoms with Crippen molar-refractivity contribution in [1.29, 1.82) is 0 Å². The summed E-state index contributed by atoms with van der Waals surface area (Å²) in [5, 5.41) is 110. The van der Waals surface area contributed by atoms with Gasteiger partial charge in [0.15, 0.2) is 12.6 Å². The van der Waals surface area contributed by atoms with Crippen LogP contribution in [0.1, 0.15) is 20.3 Å². The smallest absolute Gasteiger partial charge is 0.217 e. The van der Waals surface area contributed by atoms with Crippen molar-refractivity contribution in [1.82, 2.24) is 10.6 Å². The summed E-state index contributed by atoms with van der Waals surface area (Å²) in [7, 11) is -5.38. The van der Waals surface area contributed by atoms with E-state index in [9.17, 15) is 78.4 Å². The van der Waals surface area contributed by atoms with Crippen molar-refractivity contribution in [3.63, 3.8) is 0 Å². The predicted octanol–water partition coefficient (Wildman–Crippen LogP) is -9.93. The van der Waals surface area contributed by atoms with Gasteiger partial charge in [0, 0.05) is 20.3 Å². The first-order valence-corrected chi connectivity index (χ1v) is 16.1. The number of nitrogens with one attached hydrogen (secondary N) is 2. The number of carbonyl (C=O) groups is 3. The number of aliphatic hydroxyl groups is 9. The van der Waals surface area contributed by atoms with Gasteiger partial charge in [-0.1, -0.05) is 0 Å². The van der Waals surface area contributed by atoms with Crippen LogP contribution in [-0.4, -0.2) is 194 Å². The Balaban J connectivity index is 1.87. The molecule has 3 aliphatic heterocycles. The van der Waals surface area contributed by atoms with E-state index in [1.165, 1.54) is 0 Å². The molecule has 3 rings (SSSR count). The molecule has 0 aromatic carbocycles. The third kappa shape index (κ3) is 9.98. The molecule has 0 aromatic heterocycles. The molecule has 0 unspecified atom stereocenters. The zero-order chi connectivity index (χ0) is 37.9. The highest BCUT2D eigenvalue weighted by molar-refractivity contribution is 7.80. The van der Waals surface area contributed by atoms with E-state index < -0.39 is 152 Å². The van der Waals surface area contributed by atoms with Gasteiger partial charge >= 0.3 is 0 Å². The topological polar surface area (TPSA) is 393 Å². The van der Waals surface area contributed by atoms with Crippen molar-refractivity contribution < 1.29 is 106 Å². The van der Waals surface area contributed by atoms with E-state index in [0.29, 0.717) is 0 Å². The van der Waals surface area contributed by atoms with Crippen LogP contribution in [0.2, 0.25) is 0 Å². The minimum atomic E-state index is -5.38. The number of carboxylic acids is 1. The molecular formula is C25H40N2O22S-2. The van der Waals surface area contributed by atoms with Crippen molar-refractivity contribution in [2.45, 2.75) is 118 Å². The number of aliphatic hydroxyl groups excluding tert-OH is 9. The minimum absolute atomic E-state index is 0.776. The van der Waals surface area contributed by atoms with Gasteiger partial charge in [0.2, 0.25) is 28.0 Å². The summed E-state index contributed by atoms with van der Waals surface area (Å²) in [6, 6.07) is -3.23. The van der Waals surface area contributed by atoms with Gasteiger partial charge in [-0.05, 0) is 0 Å². The number of amides is 2. The van der Waals surface area contributed by atoms with Gasteiger partial charge in [0.1, 0.15) is 73.1 Å². The quantitative estimate of drug-likeness (QED) is 0.0579. The second-order valence-corrected chi connectivity index (χ2v) is 12.8. The molecule has 2 amide bonds. The minimum Gasteiger partial charge on any atom is -0.726 e. The van der Waals surface area contributed by atoms with Crippen molar-refractivity contribution in [2.75, 3.05) is 19.8 Å². The molecule has 3 heterocycles. The Hall–Kier alpha value is -2.28. The lowest BCUT2D eigenvalue weighted by Gasteiger charge is -2.50. The summed E-state index contributed by atoms with van der Waals surface area (Å²) < 4.78 is 64.2. The van der Waals surface area contributed by atoms with Gasteiger partial charge in [-0.3, -0.25) is 13.8 Å². The van der Waals surface area contributed by atoms with E-state index in [1.807, 2.05) is 0 Å². The molecule has 50 heavy (non-hydrogen) atoms. The SMILES string of the molecule is CC(=O)N[C@@H]1[C@@H](O)[C@H](O[C@@H]2O[C@H](CO[C@]3(C(=O)[O-])C[C@H](O)[C@@H](NC(C)=O)[C@H]([C@H](O)[C@H](O)CO)O3)[C@H](O)[C@H](O)[C@H]2O)[C@@H](COS(=O)(=O)[O-])O[C@H]1O. The summed E-state index contributed by atoms with van der Waals surface area (Å²) in [6.07, 6.45) is -27.3. The number of aliphatic carboxylic acids is 1. The van der Waals surface area contributed by atoms with Crippen molar-refractivity contribution >= 4 is 28.2 Å². The zero-order valence-corrected chi connectivity index (χ0v) is 27.0. The van der Waals surface area contributed by atoms with Crippen LogP contribution in [0.5, 0.6) is 0 Å². The summed E-state index contributed by atoms with van der Waals surface area (Å²) in [5.74, 6) is -6.79. The zero-order valence-electron chi connectivity index (χ0n) is 26.2. The first kappa shape index (κ1) is 42.1. The van der Waals surface area contributed by atoms with Crippen LogP contribution in [0.4, 0.5) is 0 Å². The molecule has 11 N–H and O–H groups in total. The lowest BCUT2D eigenvalue weighted by Crippen LogP contribution is -2.70. The van der Waals surface area contributed by atoms with E-state index in [0.717, 1.165) is 13.8 Å².